The van der Waals surface area contributed by atoms with Gasteiger partial charge in [-0.1, -0.05) is 50.2 Å². The number of carbonyl (C=O) groups excluding carboxylic acids is 1. The Morgan fingerprint density at radius 2 is 1.72 bits per heavy atom. The van der Waals surface area contributed by atoms with Gasteiger partial charge in [-0.25, -0.2) is 0 Å². The van der Waals surface area contributed by atoms with E-state index in [2.05, 4.69) is 19.2 Å². The number of para-hydroxylation sites is 1. The highest BCUT2D eigenvalue weighted by atomic mass is 16.6. The van der Waals surface area contributed by atoms with Crippen LogP contribution in [0.4, 0.5) is 17.1 Å². The number of amides is 1. The van der Waals surface area contributed by atoms with Gasteiger partial charge in [0.05, 0.1) is 10.5 Å². The first-order valence-corrected chi connectivity index (χ1v) is 9.49. The van der Waals surface area contributed by atoms with Gasteiger partial charge in [0.2, 0.25) is 0 Å². The predicted octanol–water partition coefficient (Wildman–Crippen LogP) is 5.49. The molecule has 3 aromatic rings. The molecule has 1 amide bonds. The molecule has 0 radical (unpaired) electrons. The number of fused-ring (bicyclic) bond motifs is 1. The highest BCUT2D eigenvalue weighted by Gasteiger charge is 2.34. The minimum atomic E-state index is -0.554. The van der Waals surface area contributed by atoms with E-state index in [0.717, 1.165) is 5.69 Å². The SMILES string of the molecule is CC(C)c1ccc(N2C(=O)c3ccccc3NC2c2cccc([N+](=O)[O-])c2)cc1. The van der Waals surface area contributed by atoms with Crippen molar-refractivity contribution in [3.05, 3.63) is 99.6 Å². The van der Waals surface area contributed by atoms with Gasteiger partial charge < -0.3 is 5.32 Å². The van der Waals surface area contributed by atoms with Crippen LogP contribution in [0.25, 0.3) is 0 Å². The summed E-state index contributed by atoms with van der Waals surface area (Å²) in [6.07, 6.45) is -0.554. The van der Waals surface area contributed by atoms with Crippen molar-refractivity contribution in [1.29, 1.82) is 0 Å². The molecule has 1 heterocycles. The van der Waals surface area contributed by atoms with Crippen molar-refractivity contribution in [2.45, 2.75) is 25.9 Å². The van der Waals surface area contributed by atoms with E-state index in [1.807, 2.05) is 42.5 Å². The highest BCUT2D eigenvalue weighted by Crippen LogP contribution is 2.37. The Morgan fingerprint density at radius 3 is 2.41 bits per heavy atom. The third-order valence-corrected chi connectivity index (χ3v) is 5.16. The van der Waals surface area contributed by atoms with Crippen molar-refractivity contribution in [2.24, 2.45) is 0 Å². The van der Waals surface area contributed by atoms with E-state index < -0.39 is 11.1 Å². The molecular weight excluding hydrogens is 366 g/mol. The van der Waals surface area contributed by atoms with Gasteiger partial charge in [0.15, 0.2) is 0 Å². The number of non-ortho nitro benzene ring substituents is 1. The molecule has 1 atom stereocenters. The Hall–Kier alpha value is -3.67. The van der Waals surface area contributed by atoms with Crippen molar-refractivity contribution in [3.8, 4) is 0 Å². The third-order valence-electron chi connectivity index (χ3n) is 5.16. The van der Waals surface area contributed by atoms with E-state index in [4.69, 9.17) is 0 Å². The Morgan fingerprint density at radius 1 is 1.00 bits per heavy atom. The molecule has 0 aromatic heterocycles. The van der Waals surface area contributed by atoms with Gasteiger partial charge in [-0.2, -0.15) is 0 Å². The molecule has 0 saturated carbocycles. The molecule has 4 rings (SSSR count). The number of rotatable bonds is 4. The van der Waals surface area contributed by atoms with Crippen molar-refractivity contribution in [2.75, 3.05) is 10.2 Å². The van der Waals surface area contributed by atoms with Crippen LogP contribution in [0.5, 0.6) is 0 Å². The lowest BCUT2D eigenvalue weighted by molar-refractivity contribution is -0.384. The van der Waals surface area contributed by atoms with Gasteiger partial charge in [0, 0.05) is 29.1 Å². The first-order chi connectivity index (χ1) is 14.0. The molecule has 29 heavy (non-hydrogen) atoms. The van der Waals surface area contributed by atoms with Crippen LogP contribution in [0, 0.1) is 10.1 Å². The molecule has 0 fully saturated rings. The maximum atomic E-state index is 13.4. The molecular formula is C23H21N3O3. The first-order valence-electron chi connectivity index (χ1n) is 9.49. The summed E-state index contributed by atoms with van der Waals surface area (Å²) in [5.74, 6) is 0.237. The van der Waals surface area contributed by atoms with Gasteiger partial charge in [0.25, 0.3) is 11.6 Å². The van der Waals surface area contributed by atoms with Crippen LogP contribution >= 0.6 is 0 Å². The smallest absolute Gasteiger partial charge is 0.269 e. The molecule has 0 bridgehead atoms. The van der Waals surface area contributed by atoms with E-state index >= 15 is 0 Å². The zero-order chi connectivity index (χ0) is 20.5. The fourth-order valence-corrected chi connectivity index (χ4v) is 3.58. The highest BCUT2D eigenvalue weighted by molar-refractivity contribution is 6.12. The minimum Gasteiger partial charge on any atom is -0.360 e. The molecule has 1 unspecified atom stereocenters. The van der Waals surface area contributed by atoms with Crippen LogP contribution < -0.4 is 10.2 Å². The van der Waals surface area contributed by atoms with Gasteiger partial charge in [-0.3, -0.25) is 19.8 Å². The number of hydrogen-bond acceptors (Lipinski definition) is 4. The van der Waals surface area contributed by atoms with Crippen LogP contribution in [0.3, 0.4) is 0 Å². The van der Waals surface area contributed by atoms with Gasteiger partial charge >= 0.3 is 0 Å². The zero-order valence-electron chi connectivity index (χ0n) is 16.2. The average Bonchev–Trinajstić information content (AvgIpc) is 2.74. The number of carbonyl (C=O) groups is 1. The molecule has 1 aliphatic rings. The number of nitrogens with zero attached hydrogens (tertiary/aromatic N) is 2. The van der Waals surface area contributed by atoms with E-state index in [-0.39, 0.29) is 11.6 Å². The third kappa shape index (κ3) is 3.45. The molecule has 6 heteroatoms. The summed E-state index contributed by atoms with van der Waals surface area (Å²) in [4.78, 5) is 25.9. The maximum absolute atomic E-state index is 13.4. The summed E-state index contributed by atoms with van der Waals surface area (Å²) in [5.41, 5.74) is 3.84. The summed E-state index contributed by atoms with van der Waals surface area (Å²) in [6.45, 7) is 4.23. The van der Waals surface area contributed by atoms with Gasteiger partial charge in [-0.15, -0.1) is 0 Å². The second-order valence-electron chi connectivity index (χ2n) is 7.37. The summed E-state index contributed by atoms with van der Waals surface area (Å²) in [6, 6.07) is 21.6. The Balaban J connectivity index is 1.83. The topological polar surface area (TPSA) is 75.5 Å². The fraction of sp³-hybridized carbons (Fsp3) is 0.174. The molecule has 146 valence electrons. The van der Waals surface area contributed by atoms with E-state index in [1.165, 1.54) is 17.7 Å². The Labute approximate surface area is 168 Å². The number of hydrogen-bond donors (Lipinski definition) is 1. The molecule has 0 saturated heterocycles. The number of benzene rings is 3. The Bertz CT molecular complexity index is 1080. The molecule has 1 aliphatic heterocycles. The van der Waals surface area contributed by atoms with E-state index in [0.29, 0.717) is 22.7 Å². The van der Waals surface area contributed by atoms with Gasteiger partial charge in [-0.05, 0) is 35.7 Å². The monoisotopic (exact) mass is 387 g/mol. The quantitative estimate of drug-likeness (QED) is 0.474. The second kappa shape index (κ2) is 7.39. The van der Waals surface area contributed by atoms with Crippen molar-refractivity contribution < 1.29 is 9.72 Å². The van der Waals surface area contributed by atoms with Crippen LogP contribution in [0.1, 0.15) is 47.4 Å². The molecule has 3 aromatic carbocycles. The fourth-order valence-electron chi connectivity index (χ4n) is 3.58. The number of nitrogens with one attached hydrogen (secondary N) is 1. The second-order valence-corrected chi connectivity index (χ2v) is 7.37. The molecule has 0 aliphatic carbocycles. The molecule has 1 N–H and O–H groups in total. The normalized spacial score (nSPS) is 15.8. The lowest BCUT2D eigenvalue weighted by Gasteiger charge is -2.38. The zero-order valence-corrected chi connectivity index (χ0v) is 16.2. The average molecular weight is 387 g/mol. The largest absolute Gasteiger partial charge is 0.360 e. The van der Waals surface area contributed by atoms with E-state index in [9.17, 15) is 14.9 Å². The summed E-state index contributed by atoms with van der Waals surface area (Å²) >= 11 is 0. The number of nitro groups is 1. The predicted molar refractivity (Wildman–Crippen MR) is 113 cm³/mol. The lowest BCUT2D eigenvalue weighted by Crippen LogP contribution is -2.43. The van der Waals surface area contributed by atoms with Crippen LogP contribution in [-0.2, 0) is 0 Å². The summed E-state index contributed by atoms with van der Waals surface area (Å²) in [5, 5.41) is 14.6. The number of anilines is 2. The van der Waals surface area contributed by atoms with Crippen molar-refractivity contribution >= 4 is 23.0 Å². The standard InChI is InChI=1S/C23H21N3O3/c1-15(2)16-10-12-18(13-11-16)25-22(17-6-5-7-19(14-17)26(28)29)24-21-9-4-3-8-20(21)23(25)27/h3-15,22,24H,1-2H3. The molecule has 6 nitrogen and oxygen atoms in total. The number of nitro benzene ring substituents is 1. The maximum Gasteiger partial charge on any atom is 0.269 e. The van der Waals surface area contributed by atoms with E-state index in [1.54, 1.807) is 23.1 Å². The minimum absolute atomic E-state index is 0.00860. The van der Waals surface area contributed by atoms with Crippen molar-refractivity contribution in [1.82, 2.24) is 0 Å². The lowest BCUT2D eigenvalue weighted by atomic mass is 10.00. The van der Waals surface area contributed by atoms with Crippen LogP contribution in [-0.4, -0.2) is 10.8 Å². The van der Waals surface area contributed by atoms with Crippen LogP contribution in [0.15, 0.2) is 72.8 Å². The van der Waals surface area contributed by atoms with Gasteiger partial charge in [0.1, 0.15) is 6.17 Å². The summed E-state index contributed by atoms with van der Waals surface area (Å²) < 4.78 is 0. The van der Waals surface area contributed by atoms with Crippen LogP contribution in [0.2, 0.25) is 0 Å². The van der Waals surface area contributed by atoms with Crippen molar-refractivity contribution in [3.63, 3.8) is 0 Å². The Kier molecular flexibility index (Phi) is 4.76. The first kappa shape index (κ1) is 18.7. The summed E-state index contributed by atoms with van der Waals surface area (Å²) in [7, 11) is 0. The molecule has 0 spiro atoms.